The van der Waals surface area contributed by atoms with Crippen molar-refractivity contribution in [1.82, 2.24) is 0 Å². The Balaban J connectivity index is 2.45. The molecule has 2 aromatic carbocycles. The maximum atomic E-state index is 12.5. The van der Waals surface area contributed by atoms with E-state index in [1.165, 1.54) is 44.6 Å². The molecule has 10 heteroatoms. The Labute approximate surface area is 142 Å². The van der Waals surface area contributed by atoms with Crippen LogP contribution in [0.2, 0.25) is 0 Å². The molecular weight excluding hydrogens is 363 g/mol. The van der Waals surface area contributed by atoms with E-state index in [-0.39, 0.29) is 17.2 Å². The molecule has 0 aliphatic heterocycles. The van der Waals surface area contributed by atoms with Crippen molar-refractivity contribution < 1.29 is 35.8 Å². The molecular formula is C15H14F3NO5S. The van der Waals surface area contributed by atoms with Crippen molar-refractivity contribution in [2.24, 2.45) is 0 Å². The lowest BCUT2D eigenvalue weighted by Gasteiger charge is -2.16. The highest BCUT2D eigenvalue weighted by atomic mass is 32.2. The summed E-state index contributed by atoms with van der Waals surface area (Å²) in [6.07, 6.45) is -5.03. The SMILES string of the molecule is COc1cccc(NS(=O)(=O)c2ccccc2OC(F)(F)F)c1OC. The fourth-order valence-corrected chi connectivity index (χ4v) is 3.24. The Kier molecular flexibility index (Phi) is 5.31. The van der Waals surface area contributed by atoms with E-state index < -0.39 is 27.0 Å². The number of benzene rings is 2. The predicted molar refractivity (Wildman–Crippen MR) is 83.5 cm³/mol. The van der Waals surface area contributed by atoms with Gasteiger partial charge in [-0.1, -0.05) is 18.2 Å². The number of halogens is 3. The minimum Gasteiger partial charge on any atom is -0.493 e. The molecule has 136 valence electrons. The molecule has 0 unspecified atom stereocenters. The van der Waals surface area contributed by atoms with Gasteiger partial charge in [-0.3, -0.25) is 4.72 Å². The lowest BCUT2D eigenvalue weighted by atomic mass is 10.3. The molecule has 2 rings (SSSR count). The van der Waals surface area contributed by atoms with Crippen molar-refractivity contribution >= 4 is 15.7 Å². The molecule has 0 aliphatic rings. The van der Waals surface area contributed by atoms with Gasteiger partial charge in [-0.2, -0.15) is 0 Å². The van der Waals surface area contributed by atoms with Crippen molar-refractivity contribution in [1.29, 1.82) is 0 Å². The normalized spacial score (nSPS) is 11.7. The van der Waals surface area contributed by atoms with Crippen LogP contribution in [-0.2, 0) is 10.0 Å². The predicted octanol–water partition coefficient (Wildman–Crippen LogP) is 3.40. The lowest BCUT2D eigenvalue weighted by Crippen LogP contribution is -2.21. The lowest BCUT2D eigenvalue weighted by molar-refractivity contribution is -0.275. The van der Waals surface area contributed by atoms with Gasteiger partial charge in [0.25, 0.3) is 10.0 Å². The molecule has 0 fully saturated rings. The summed E-state index contributed by atoms with van der Waals surface area (Å²) in [6.45, 7) is 0. The number of anilines is 1. The zero-order chi connectivity index (χ0) is 18.7. The summed E-state index contributed by atoms with van der Waals surface area (Å²) < 4.78 is 78.6. The number of sulfonamides is 1. The summed E-state index contributed by atoms with van der Waals surface area (Å²) in [5.74, 6) is -0.505. The molecule has 0 bridgehead atoms. The Morgan fingerprint density at radius 3 is 2.16 bits per heavy atom. The van der Waals surface area contributed by atoms with Crippen LogP contribution in [0.5, 0.6) is 17.2 Å². The molecule has 1 N–H and O–H groups in total. The fraction of sp³-hybridized carbons (Fsp3) is 0.200. The number of hydrogen-bond acceptors (Lipinski definition) is 5. The molecule has 0 saturated heterocycles. The number of hydrogen-bond donors (Lipinski definition) is 1. The van der Waals surface area contributed by atoms with Gasteiger partial charge in [-0.25, -0.2) is 8.42 Å². The van der Waals surface area contributed by atoms with Gasteiger partial charge in [-0.15, -0.1) is 13.2 Å². The van der Waals surface area contributed by atoms with Crippen LogP contribution in [0.25, 0.3) is 0 Å². The number of methoxy groups -OCH3 is 2. The quantitative estimate of drug-likeness (QED) is 0.835. The van der Waals surface area contributed by atoms with Crippen LogP contribution in [-0.4, -0.2) is 29.0 Å². The van der Waals surface area contributed by atoms with Gasteiger partial charge >= 0.3 is 6.36 Å². The number of ether oxygens (including phenoxy) is 3. The summed E-state index contributed by atoms with van der Waals surface area (Å²) >= 11 is 0. The first-order valence-corrected chi connectivity index (χ1v) is 8.25. The first kappa shape index (κ1) is 18.7. The van der Waals surface area contributed by atoms with E-state index in [4.69, 9.17) is 9.47 Å². The van der Waals surface area contributed by atoms with Crippen molar-refractivity contribution in [2.45, 2.75) is 11.3 Å². The van der Waals surface area contributed by atoms with Crippen LogP contribution in [0.4, 0.5) is 18.9 Å². The summed E-state index contributed by atoms with van der Waals surface area (Å²) in [4.78, 5) is -0.669. The topological polar surface area (TPSA) is 73.9 Å². The number of nitrogens with one attached hydrogen (secondary N) is 1. The largest absolute Gasteiger partial charge is 0.573 e. The highest BCUT2D eigenvalue weighted by Gasteiger charge is 2.34. The molecule has 0 amide bonds. The monoisotopic (exact) mass is 377 g/mol. The van der Waals surface area contributed by atoms with Crippen LogP contribution >= 0.6 is 0 Å². The maximum absolute atomic E-state index is 12.5. The first-order chi connectivity index (χ1) is 11.7. The Morgan fingerprint density at radius 2 is 1.56 bits per heavy atom. The molecule has 0 radical (unpaired) electrons. The van der Waals surface area contributed by atoms with Gasteiger partial charge in [0.05, 0.1) is 19.9 Å². The summed E-state index contributed by atoms with van der Waals surface area (Å²) in [6, 6.07) is 8.83. The summed E-state index contributed by atoms with van der Waals surface area (Å²) in [5.41, 5.74) is 0.00339. The fourth-order valence-electron chi connectivity index (χ4n) is 2.05. The Morgan fingerprint density at radius 1 is 0.920 bits per heavy atom. The van der Waals surface area contributed by atoms with Crippen LogP contribution in [0.1, 0.15) is 0 Å². The van der Waals surface area contributed by atoms with E-state index in [1.807, 2.05) is 0 Å². The van der Waals surface area contributed by atoms with E-state index in [9.17, 15) is 21.6 Å². The van der Waals surface area contributed by atoms with Gasteiger partial charge in [0, 0.05) is 0 Å². The minimum atomic E-state index is -5.03. The zero-order valence-electron chi connectivity index (χ0n) is 13.1. The van der Waals surface area contributed by atoms with Gasteiger partial charge in [0.15, 0.2) is 11.5 Å². The molecule has 0 spiro atoms. The Hall–Kier alpha value is -2.62. The average Bonchev–Trinajstić information content (AvgIpc) is 2.53. The van der Waals surface area contributed by atoms with Crippen LogP contribution < -0.4 is 18.9 Å². The van der Waals surface area contributed by atoms with Gasteiger partial charge in [0.2, 0.25) is 0 Å². The molecule has 0 saturated carbocycles. The van der Waals surface area contributed by atoms with E-state index in [0.717, 1.165) is 12.1 Å². The van der Waals surface area contributed by atoms with E-state index >= 15 is 0 Å². The third-order valence-electron chi connectivity index (χ3n) is 3.01. The second-order valence-corrected chi connectivity index (χ2v) is 6.29. The molecule has 0 atom stereocenters. The van der Waals surface area contributed by atoms with Crippen molar-refractivity contribution in [3.05, 3.63) is 42.5 Å². The third kappa shape index (κ3) is 4.47. The highest BCUT2D eigenvalue weighted by Crippen LogP contribution is 2.37. The Bertz CT molecular complexity index is 852. The summed E-state index contributed by atoms with van der Waals surface area (Å²) in [5, 5.41) is 0. The maximum Gasteiger partial charge on any atom is 0.573 e. The first-order valence-electron chi connectivity index (χ1n) is 6.76. The van der Waals surface area contributed by atoms with E-state index in [0.29, 0.717) is 0 Å². The molecule has 0 heterocycles. The van der Waals surface area contributed by atoms with Gasteiger partial charge < -0.3 is 14.2 Å². The standard InChI is InChI=1S/C15H14F3NO5S/c1-22-12-8-5-6-10(14(12)23-2)19-25(20,21)13-9-4-3-7-11(13)24-15(16,17)18/h3-9,19H,1-2H3. The molecule has 0 aliphatic carbocycles. The molecule has 2 aromatic rings. The van der Waals surface area contributed by atoms with Gasteiger partial charge in [0.1, 0.15) is 10.6 Å². The number of para-hydroxylation sites is 2. The third-order valence-corrected chi connectivity index (χ3v) is 4.42. The molecule has 25 heavy (non-hydrogen) atoms. The second-order valence-electron chi connectivity index (χ2n) is 4.64. The zero-order valence-corrected chi connectivity index (χ0v) is 13.9. The second kappa shape index (κ2) is 7.09. The number of rotatable bonds is 6. The van der Waals surface area contributed by atoms with Gasteiger partial charge in [-0.05, 0) is 24.3 Å². The van der Waals surface area contributed by atoms with Crippen LogP contribution in [0, 0.1) is 0 Å². The summed E-state index contributed by atoms with van der Waals surface area (Å²) in [7, 11) is -1.72. The van der Waals surface area contributed by atoms with Crippen LogP contribution in [0.3, 0.4) is 0 Å². The highest BCUT2D eigenvalue weighted by molar-refractivity contribution is 7.92. The molecule has 6 nitrogen and oxygen atoms in total. The smallest absolute Gasteiger partial charge is 0.493 e. The average molecular weight is 377 g/mol. The van der Waals surface area contributed by atoms with E-state index in [1.54, 1.807) is 0 Å². The van der Waals surface area contributed by atoms with Crippen molar-refractivity contribution in [3.63, 3.8) is 0 Å². The van der Waals surface area contributed by atoms with Crippen molar-refractivity contribution in [3.8, 4) is 17.2 Å². The van der Waals surface area contributed by atoms with Crippen molar-refractivity contribution in [2.75, 3.05) is 18.9 Å². The number of alkyl halides is 3. The van der Waals surface area contributed by atoms with Crippen LogP contribution in [0.15, 0.2) is 47.4 Å². The van der Waals surface area contributed by atoms with E-state index in [2.05, 4.69) is 9.46 Å². The molecule has 0 aromatic heterocycles. The minimum absolute atomic E-state index is 0.00339.